The van der Waals surface area contributed by atoms with E-state index in [0.29, 0.717) is 12.0 Å². The van der Waals surface area contributed by atoms with E-state index >= 15 is 0 Å². The van der Waals surface area contributed by atoms with Gasteiger partial charge < -0.3 is 15.5 Å². The van der Waals surface area contributed by atoms with Crippen LogP contribution in [0.2, 0.25) is 0 Å². The molecule has 0 atom stereocenters. The molecule has 4 aliphatic rings. The van der Waals surface area contributed by atoms with E-state index < -0.39 is 0 Å². The molecule has 4 heterocycles. The summed E-state index contributed by atoms with van der Waals surface area (Å²) in [5.74, 6) is 0.703. The molecule has 29 heavy (non-hydrogen) atoms. The zero-order valence-electron chi connectivity index (χ0n) is 17.3. The van der Waals surface area contributed by atoms with E-state index in [-0.39, 0.29) is 5.41 Å². The molecule has 3 aliphatic heterocycles. The van der Waals surface area contributed by atoms with Gasteiger partial charge in [0, 0.05) is 67.3 Å². The van der Waals surface area contributed by atoms with E-state index in [1.54, 1.807) is 6.20 Å². The Hall–Kier alpha value is -2.99. The van der Waals surface area contributed by atoms with Gasteiger partial charge >= 0.3 is 0 Å². The lowest BCUT2D eigenvalue weighted by Gasteiger charge is -2.29. The van der Waals surface area contributed by atoms with Crippen LogP contribution in [0.3, 0.4) is 0 Å². The molecular weight excluding hydrogens is 360 g/mol. The van der Waals surface area contributed by atoms with Gasteiger partial charge in [0.15, 0.2) is 5.82 Å². The minimum atomic E-state index is 0.133. The monoisotopic (exact) mass is 385 g/mol. The summed E-state index contributed by atoms with van der Waals surface area (Å²) < 4.78 is 8.24. The predicted octanol–water partition coefficient (Wildman–Crippen LogP) is 2.62. The number of hydrogen-bond donors (Lipinski definition) is 2. The normalized spacial score (nSPS) is 22.6. The highest BCUT2D eigenvalue weighted by atomic mass is 15.2. The van der Waals surface area contributed by atoms with Crippen molar-refractivity contribution < 1.29 is 1.37 Å². The molecule has 2 N–H and O–H groups in total. The average Bonchev–Trinajstić information content (AvgIpc) is 3.44. The second-order valence-electron chi connectivity index (χ2n) is 8.21. The third-order valence-corrected chi connectivity index (χ3v) is 6.30. The number of aliphatic imine (C=N–C) groups is 1. The maximum Gasteiger partial charge on any atom is 0.159 e. The van der Waals surface area contributed by atoms with Crippen LogP contribution in [0.25, 0.3) is 17.1 Å². The molecule has 1 aliphatic carbocycles. The van der Waals surface area contributed by atoms with E-state index in [4.69, 9.17) is 11.3 Å². The van der Waals surface area contributed by atoms with Crippen molar-refractivity contribution in [3.05, 3.63) is 60.0 Å². The van der Waals surface area contributed by atoms with Gasteiger partial charge in [-0.1, -0.05) is 0 Å². The maximum atomic E-state index is 8.24. The van der Waals surface area contributed by atoms with Crippen molar-refractivity contribution in [2.24, 2.45) is 10.4 Å². The lowest BCUT2D eigenvalue weighted by atomic mass is 9.92. The zero-order chi connectivity index (χ0) is 20.1. The van der Waals surface area contributed by atoms with E-state index in [1.165, 1.54) is 5.69 Å². The van der Waals surface area contributed by atoms with Crippen LogP contribution in [0.15, 0.2) is 59.3 Å². The topological polar surface area (TPSA) is 65.4 Å². The molecule has 1 saturated heterocycles. The summed E-state index contributed by atoms with van der Waals surface area (Å²) in [5, 5.41) is 6.62. The number of allylic oxidation sites excluding steroid dienone is 2. The first-order valence-electron chi connectivity index (χ1n) is 10.9. The summed E-state index contributed by atoms with van der Waals surface area (Å²) in [7, 11) is 0. The third-order valence-electron chi connectivity index (χ3n) is 6.30. The van der Waals surface area contributed by atoms with Gasteiger partial charge in [-0.25, -0.2) is 15.0 Å². The number of nitrogens with zero attached hydrogens (tertiary/aromatic N) is 4. The lowest BCUT2D eigenvalue weighted by Crippen LogP contribution is -2.43. The SMILES string of the molecule is [2H]C1=C2C=C(c3ccnc(-c4ccc(N5CCNCC5)cc4)n3)N=C2C2(CC2)CN1. The van der Waals surface area contributed by atoms with Crippen LogP contribution in [0.4, 0.5) is 5.69 Å². The number of hydrogen-bond acceptors (Lipinski definition) is 6. The van der Waals surface area contributed by atoms with Gasteiger partial charge in [0.05, 0.1) is 18.5 Å². The van der Waals surface area contributed by atoms with Crippen molar-refractivity contribution >= 4 is 17.1 Å². The summed E-state index contributed by atoms with van der Waals surface area (Å²) in [6.07, 6.45) is 6.56. The van der Waals surface area contributed by atoms with Crippen molar-refractivity contribution in [3.63, 3.8) is 0 Å². The first-order chi connectivity index (χ1) is 14.7. The van der Waals surface area contributed by atoms with E-state index in [1.807, 2.05) is 12.1 Å². The number of piperazine rings is 1. The minimum Gasteiger partial charge on any atom is -0.389 e. The Balaban J connectivity index is 1.29. The number of aromatic nitrogens is 2. The summed E-state index contributed by atoms with van der Waals surface area (Å²) in [4.78, 5) is 16.6. The van der Waals surface area contributed by atoms with Gasteiger partial charge in [-0.3, -0.25) is 0 Å². The smallest absolute Gasteiger partial charge is 0.159 e. The van der Waals surface area contributed by atoms with Crippen LogP contribution in [0.1, 0.15) is 19.9 Å². The molecule has 0 bridgehead atoms. The number of anilines is 1. The van der Waals surface area contributed by atoms with Crippen LogP contribution in [-0.4, -0.2) is 48.4 Å². The van der Waals surface area contributed by atoms with Crippen LogP contribution in [0.5, 0.6) is 0 Å². The molecule has 6 nitrogen and oxygen atoms in total. The van der Waals surface area contributed by atoms with Crippen LogP contribution in [0, 0.1) is 5.41 Å². The Bertz CT molecular complexity index is 1090. The molecule has 1 aromatic heterocycles. The summed E-state index contributed by atoms with van der Waals surface area (Å²) in [6.45, 7) is 4.94. The highest BCUT2D eigenvalue weighted by Crippen LogP contribution is 2.51. The van der Waals surface area contributed by atoms with E-state index in [2.05, 4.69) is 44.8 Å². The largest absolute Gasteiger partial charge is 0.389 e. The van der Waals surface area contributed by atoms with Crippen molar-refractivity contribution in [1.29, 1.82) is 0 Å². The molecule has 0 unspecified atom stereocenters. The maximum absolute atomic E-state index is 8.24. The fourth-order valence-electron chi connectivity index (χ4n) is 4.39. The Morgan fingerprint density at radius 3 is 2.69 bits per heavy atom. The molecule has 146 valence electrons. The molecular formula is C23H24N6. The quantitative estimate of drug-likeness (QED) is 0.850. The molecule has 6 heteroatoms. The molecule has 1 saturated carbocycles. The van der Waals surface area contributed by atoms with Gasteiger partial charge in [-0.15, -0.1) is 0 Å². The highest BCUT2D eigenvalue weighted by molar-refractivity contribution is 6.15. The molecule has 1 spiro atoms. The summed E-state index contributed by atoms with van der Waals surface area (Å²) >= 11 is 0. The molecule has 0 radical (unpaired) electrons. The highest BCUT2D eigenvalue weighted by Gasteiger charge is 2.50. The predicted molar refractivity (Wildman–Crippen MR) is 116 cm³/mol. The molecule has 0 amide bonds. The number of fused-ring (bicyclic) bond motifs is 2. The van der Waals surface area contributed by atoms with Gasteiger partial charge in [0.2, 0.25) is 0 Å². The second-order valence-corrected chi connectivity index (χ2v) is 8.21. The van der Waals surface area contributed by atoms with Crippen LogP contribution < -0.4 is 15.5 Å². The summed E-state index contributed by atoms with van der Waals surface area (Å²) in [6, 6.07) is 10.4. The Kier molecular flexibility index (Phi) is 3.57. The minimum absolute atomic E-state index is 0.133. The van der Waals surface area contributed by atoms with Gasteiger partial charge in [0.25, 0.3) is 0 Å². The zero-order valence-corrected chi connectivity index (χ0v) is 16.3. The van der Waals surface area contributed by atoms with Crippen LogP contribution in [-0.2, 0) is 0 Å². The first kappa shape index (κ1) is 15.9. The van der Waals surface area contributed by atoms with E-state index in [9.17, 15) is 0 Å². The second kappa shape index (κ2) is 6.52. The van der Waals surface area contributed by atoms with Crippen molar-refractivity contribution in [2.75, 3.05) is 37.6 Å². The average molecular weight is 385 g/mol. The Morgan fingerprint density at radius 1 is 1.07 bits per heavy atom. The molecule has 2 fully saturated rings. The van der Waals surface area contributed by atoms with Crippen molar-refractivity contribution in [3.8, 4) is 11.4 Å². The Labute approximate surface area is 171 Å². The number of nitrogens with one attached hydrogen (secondary N) is 2. The standard InChI is InChI=1S/C23H24N6/c1-3-18(29-11-9-24-10-12-29)4-2-16(1)22-26-8-5-19(28-22)20-13-17-14-25-15-23(6-7-23)21(17)27-20/h1-5,8,13-14,24-25H,6-7,9-12,15H2/i14D. The molecule has 6 rings (SSSR count). The Morgan fingerprint density at radius 2 is 1.90 bits per heavy atom. The van der Waals surface area contributed by atoms with Crippen LogP contribution >= 0.6 is 0 Å². The van der Waals surface area contributed by atoms with Crippen molar-refractivity contribution in [1.82, 2.24) is 20.6 Å². The van der Waals surface area contributed by atoms with Gasteiger partial charge in [0.1, 0.15) is 0 Å². The fraction of sp³-hybridized carbons (Fsp3) is 0.348. The number of benzene rings is 1. The number of rotatable bonds is 3. The lowest BCUT2D eigenvalue weighted by molar-refractivity contribution is 0.589. The molecule has 2 aromatic rings. The fourth-order valence-corrected chi connectivity index (χ4v) is 4.39. The van der Waals surface area contributed by atoms with Gasteiger partial charge in [-0.05, 0) is 49.2 Å². The summed E-state index contributed by atoms with van der Waals surface area (Å²) in [5.41, 5.74) is 6.01. The van der Waals surface area contributed by atoms with Crippen molar-refractivity contribution in [2.45, 2.75) is 12.8 Å². The van der Waals surface area contributed by atoms with E-state index in [0.717, 1.165) is 73.8 Å². The van der Waals surface area contributed by atoms with Gasteiger partial charge in [-0.2, -0.15) is 0 Å². The molecule has 1 aromatic carbocycles. The first-order valence-corrected chi connectivity index (χ1v) is 10.4. The third kappa shape index (κ3) is 2.95.